The van der Waals surface area contributed by atoms with Crippen LogP contribution in [0.1, 0.15) is 56.2 Å². The Balaban J connectivity index is 1.48. The maximum absolute atomic E-state index is 12.6. The summed E-state index contributed by atoms with van der Waals surface area (Å²) in [6.07, 6.45) is 0.471. The number of hydrogen-bond acceptors (Lipinski definition) is 8. The highest BCUT2D eigenvalue weighted by Crippen LogP contribution is 2.24. The fourth-order valence-corrected chi connectivity index (χ4v) is 3.96. The normalized spacial score (nSPS) is 10.9. The van der Waals surface area contributed by atoms with Crippen LogP contribution in [0.4, 0.5) is 10.6 Å². The zero-order valence-corrected chi connectivity index (χ0v) is 20.3. The van der Waals surface area contributed by atoms with E-state index in [2.05, 4.69) is 30.8 Å². The first-order valence-corrected chi connectivity index (χ1v) is 11.1. The van der Waals surface area contributed by atoms with Crippen LogP contribution in [0.3, 0.4) is 0 Å². The molecule has 12 heteroatoms. The van der Waals surface area contributed by atoms with Crippen molar-refractivity contribution < 1.29 is 23.9 Å². The van der Waals surface area contributed by atoms with Crippen LogP contribution < -0.4 is 10.6 Å². The van der Waals surface area contributed by atoms with Crippen molar-refractivity contribution in [1.29, 1.82) is 0 Å². The first-order chi connectivity index (χ1) is 17.1. The molecular formula is C24H21ClN6O5. The average Bonchev–Trinajstić information content (AvgIpc) is 3.25. The number of hydrogen-bond donors (Lipinski definition) is 3. The number of fused-ring (bicyclic) bond motifs is 1. The lowest BCUT2D eigenvalue weighted by atomic mass is 10.0. The summed E-state index contributed by atoms with van der Waals surface area (Å²) in [5, 5.41) is 22.7. The van der Waals surface area contributed by atoms with Gasteiger partial charge in [-0.1, -0.05) is 11.6 Å². The number of carboxylic acid groups (broad SMARTS) is 1. The fraction of sp³-hybridized carbons (Fsp3) is 0.208. The maximum Gasteiger partial charge on any atom is 0.410 e. The van der Waals surface area contributed by atoms with Crippen molar-refractivity contribution >= 4 is 46.1 Å². The van der Waals surface area contributed by atoms with Crippen LogP contribution in [-0.2, 0) is 13.0 Å². The molecule has 0 saturated heterocycles. The first kappa shape index (κ1) is 24.7. The van der Waals surface area contributed by atoms with Gasteiger partial charge in [-0.2, -0.15) is 0 Å². The predicted octanol–water partition coefficient (Wildman–Crippen LogP) is 4.10. The molecule has 1 aromatic carbocycles. The van der Waals surface area contributed by atoms with Crippen molar-refractivity contribution in [3.63, 3.8) is 0 Å². The van der Waals surface area contributed by atoms with Crippen molar-refractivity contribution in [3.05, 3.63) is 75.2 Å². The SMILES string of the molecule is CC(=O)c1cc(Cc2nnc(C(=O)NCc3c(C)cc(NC(=O)O)nc3C)o2)cc2cc(Cl)cnc12. The van der Waals surface area contributed by atoms with E-state index in [-0.39, 0.29) is 36.3 Å². The summed E-state index contributed by atoms with van der Waals surface area (Å²) < 4.78 is 5.55. The number of benzene rings is 1. The van der Waals surface area contributed by atoms with Gasteiger partial charge in [-0.3, -0.25) is 19.9 Å². The molecule has 0 saturated carbocycles. The molecule has 0 atom stereocenters. The number of nitrogens with one attached hydrogen (secondary N) is 2. The molecule has 3 N–H and O–H groups in total. The number of Topliss-reactive ketones (excluding diaryl/α,β-unsaturated/α-hetero) is 1. The fourth-order valence-electron chi connectivity index (χ4n) is 3.79. The molecule has 11 nitrogen and oxygen atoms in total. The van der Waals surface area contributed by atoms with Crippen LogP contribution in [0, 0.1) is 13.8 Å². The Morgan fingerprint density at radius 1 is 1.11 bits per heavy atom. The minimum Gasteiger partial charge on any atom is -0.465 e. The Bertz CT molecular complexity index is 1490. The quantitative estimate of drug-likeness (QED) is 0.312. The van der Waals surface area contributed by atoms with Crippen molar-refractivity contribution in [2.24, 2.45) is 0 Å². The Morgan fingerprint density at radius 2 is 1.89 bits per heavy atom. The van der Waals surface area contributed by atoms with Crippen LogP contribution >= 0.6 is 11.6 Å². The number of aryl methyl sites for hydroxylation is 2. The maximum atomic E-state index is 12.6. The van der Waals surface area contributed by atoms with Crippen molar-refractivity contribution in [2.45, 2.75) is 33.7 Å². The molecule has 3 heterocycles. The number of aromatic nitrogens is 4. The topological polar surface area (TPSA) is 160 Å². The molecule has 0 spiro atoms. The van der Waals surface area contributed by atoms with Crippen LogP contribution in [0.25, 0.3) is 10.9 Å². The number of carbonyl (C=O) groups is 3. The lowest BCUT2D eigenvalue weighted by molar-refractivity contribution is 0.0914. The van der Waals surface area contributed by atoms with Crippen molar-refractivity contribution in [2.75, 3.05) is 5.32 Å². The molecule has 4 rings (SSSR count). The highest BCUT2D eigenvalue weighted by Gasteiger charge is 2.18. The lowest BCUT2D eigenvalue weighted by Crippen LogP contribution is -2.24. The van der Waals surface area contributed by atoms with Gasteiger partial charge in [-0.05, 0) is 61.7 Å². The molecule has 0 unspecified atom stereocenters. The number of nitrogens with zero attached hydrogens (tertiary/aromatic N) is 4. The molecule has 0 radical (unpaired) electrons. The van der Waals surface area contributed by atoms with Crippen molar-refractivity contribution in [3.8, 4) is 0 Å². The van der Waals surface area contributed by atoms with Gasteiger partial charge in [-0.25, -0.2) is 9.78 Å². The third-order valence-electron chi connectivity index (χ3n) is 5.42. The molecule has 3 aromatic heterocycles. The number of rotatable bonds is 7. The van der Waals surface area contributed by atoms with E-state index in [1.165, 1.54) is 13.1 Å². The van der Waals surface area contributed by atoms with Gasteiger partial charge in [-0.15, -0.1) is 10.2 Å². The molecule has 0 aliphatic rings. The Labute approximate surface area is 209 Å². The molecule has 0 aliphatic heterocycles. The third kappa shape index (κ3) is 5.47. The second-order valence-electron chi connectivity index (χ2n) is 8.10. The van der Waals surface area contributed by atoms with Gasteiger partial charge in [0.1, 0.15) is 5.82 Å². The van der Waals surface area contributed by atoms with Gasteiger partial charge < -0.3 is 14.8 Å². The van der Waals surface area contributed by atoms with Gasteiger partial charge in [0, 0.05) is 29.4 Å². The monoisotopic (exact) mass is 508 g/mol. The van der Waals surface area contributed by atoms with E-state index < -0.39 is 12.0 Å². The van der Waals surface area contributed by atoms with E-state index in [0.29, 0.717) is 27.2 Å². The second kappa shape index (κ2) is 10.1. The van der Waals surface area contributed by atoms with Gasteiger partial charge >= 0.3 is 17.9 Å². The first-order valence-electron chi connectivity index (χ1n) is 10.8. The Kier molecular flexibility index (Phi) is 6.93. The van der Waals surface area contributed by atoms with Gasteiger partial charge in [0.05, 0.1) is 17.0 Å². The van der Waals surface area contributed by atoms with E-state index in [1.807, 2.05) is 6.07 Å². The number of amides is 2. The largest absolute Gasteiger partial charge is 0.465 e. The smallest absolute Gasteiger partial charge is 0.410 e. The summed E-state index contributed by atoms with van der Waals surface area (Å²) in [6.45, 7) is 5.09. The van der Waals surface area contributed by atoms with E-state index in [4.69, 9.17) is 21.1 Å². The zero-order chi connectivity index (χ0) is 26.0. The molecular weight excluding hydrogens is 488 g/mol. The zero-order valence-electron chi connectivity index (χ0n) is 19.5. The standard InChI is InChI=1S/C24H21ClN6O5/c1-11-4-19(29-24(34)35)28-12(2)18(11)10-27-22(33)23-31-30-20(36-23)7-14-5-15-8-16(25)9-26-21(15)17(6-14)13(3)32/h4-6,8-9H,7,10H2,1-3H3,(H,27,33)(H,28,29)(H,34,35). The predicted molar refractivity (Wildman–Crippen MR) is 130 cm³/mol. The molecule has 36 heavy (non-hydrogen) atoms. The van der Waals surface area contributed by atoms with E-state index >= 15 is 0 Å². The van der Waals surface area contributed by atoms with E-state index in [9.17, 15) is 14.4 Å². The second-order valence-corrected chi connectivity index (χ2v) is 8.54. The molecule has 4 aromatic rings. The number of carbonyl (C=O) groups excluding carboxylic acids is 2. The number of ketones is 1. The van der Waals surface area contributed by atoms with Gasteiger partial charge in [0.25, 0.3) is 0 Å². The Hall–Kier alpha value is -4.38. The highest BCUT2D eigenvalue weighted by molar-refractivity contribution is 6.31. The van der Waals surface area contributed by atoms with E-state index in [1.54, 1.807) is 32.0 Å². The van der Waals surface area contributed by atoms with Gasteiger partial charge in [0.15, 0.2) is 5.78 Å². The summed E-state index contributed by atoms with van der Waals surface area (Å²) in [4.78, 5) is 44.0. The minimum atomic E-state index is -1.21. The summed E-state index contributed by atoms with van der Waals surface area (Å²) >= 11 is 6.06. The summed E-state index contributed by atoms with van der Waals surface area (Å²) in [6, 6.07) is 6.83. The Morgan fingerprint density at radius 3 is 2.58 bits per heavy atom. The molecule has 2 amide bonds. The number of anilines is 1. The third-order valence-corrected chi connectivity index (χ3v) is 5.63. The average molecular weight is 509 g/mol. The van der Waals surface area contributed by atoms with Gasteiger partial charge in [0.2, 0.25) is 5.89 Å². The highest BCUT2D eigenvalue weighted by atomic mass is 35.5. The number of pyridine rings is 2. The molecule has 0 bridgehead atoms. The number of halogens is 1. The van der Waals surface area contributed by atoms with Crippen LogP contribution in [-0.4, -0.2) is 43.1 Å². The summed E-state index contributed by atoms with van der Waals surface area (Å²) in [5.74, 6) is -0.529. The van der Waals surface area contributed by atoms with Crippen LogP contribution in [0.15, 0.2) is 34.9 Å². The van der Waals surface area contributed by atoms with Crippen molar-refractivity contribution in [1.82, 2.24) is 25.5 Å². The lowest BCUT2D eigenvalue weighted by Gasteiger charge is -2.11. The minimum absolute atomic E-state index is 0.134. The summed E-state index contributed by atoms with van der Waals surface area (Å²) in [5.41, 5.74) is 3.77. The summed E-state index contributed by atoms with van der Waals surface area (Å²) in [7, 11) is 0. The molecule has 0 fully saturated rings. The molecule has 0 aliphatic carbocycles. The van der Waals surface area contributed by atoms with Crippen LogP contribution in [0.5, 0.6) is 0 Å². The van der Waals surface area contributed by atoms with E-state index in [0.717, 1.165) is 16.7 Å². The van der Waals surface area contributed by atoms with Crippen LogP contribution in [0.2, 0.25) is 5.02 Å². The molecule has 184 valence electrons.